The van der Waals surface area contributed by atoms with Gasteiger partial charge >= 0.3 is 5.97 Å². The molecule has 0 radical (unpaired) electrons. The van der Waals surface area contributed by atoms with Gasteiger partial charge in [0.1, 0.15) is 5.54 Å². The zero-order chi connectivity index (χ0) is 20.1. The van der Waals surface area contributed by atoms with Crippen LogP contribution in [0.25, 0.3) is 10.8 Å². The van der Waals surface area contributed by atoms with Crippen molar-refractivity contribution in [2.45, 2.75) is 51.2 Å². The molecule has 2 aromatic rings. The quantitative estimate of drug-likeness (QED) is 0.800. The second-order valence-electron chi connectivity index (χ2n) is 8.59. The molecule has 148 valence electrons. The van der Waals surface area contributed by atoms with Gasteiger partial charge in [-0.2, -0.15) is 0 Å². The van der Waals surface area contributed by atoms with Gasteiger partial charge in [0.25, 0.3) is 0 Å². The summed E-state index contributed by atoms with van der Waals surface area (Å²) >= 11 is 0. The highest BCUT2D eigenvalue weighted by Gasteiger charge is 2.67. The van der Waals surface area contributed by atoms with Crippen LogP contribution in [0.15, 0.2) is 42.5 Å². The molecular weight excluding hydrogens is 354 g/mol. The van der Waals surface area contributed by atoms with E-state index >= 15 is 0 Å². The van der Waals surface area contributed by atoms with Crippen LogP contribution in [0.5, 0.6) is 0 Å². The Hall–Kier alpha value is -2.40. The Morgan fingerprint density at radius 1 is 1.18 bits per heavy atom. The Morgan fingerprint density at radius 2 is 1.89 bits per heavy atom. The first-order valence-electron chi connectivity index (χ1n) is 9.96. The first-order valence-corrected chi connectivity index (χ1v) is 9.96. The molecule has 4 atom stereocenters. The lowest BCUT2D eigenvalue weighted by atomic mass is 9.54. The van der Waals surface area contributed by atoms with Gasteiger partial charge in [-0.25, -0.2) is 4.79 Å². The maximum Gasteiger partial charge on any atom is 0.330 e. The van der Waals surface area contributed by atoms with Crippen molar-refractivity contribution in [3.05, 3.63) is 48.0 Å². The van der Waals surface area contributed by atoms with Gasteiger partial charge in [0.2, 0.25) is 5.91 Å². The molecular formula is C23H27NO4. The van der Waals surface area contributed by atoms with Crippen molar-refractivity contribution >= 4 is 22.6 Å². The molecule has 0 aromatic heterocycles. The predicted molar refractivity (Wildman–Crippen MR) is 107 cm³/mol. The van der Waals surface area contributed by atoms with E-state index in [1.807, 2.05) is 39.0 Å². The van der Waals surface area contributed by atoms with Gasteiger partial charge < -0.3 is 15.2 Å². The fraction of sp³-hybridized carbons (Fsp3) is 0.478. The minimum absolute atomic E-state index is 0.142. The van der Waals surface area contributed by atoms with Gasteiger partial charge in [0, 0.05) is 24.4 Å². The fourth-order valence-electron chi connectivity index (χ4n) is 4.74. The summed E-state index contributed by atoms with van der Waals surface area (Å²) in [4.78, 5) is 25.1. The van der Waals surface area contributed by atoms with Crippen LogP contribution < -0.4 is 5.32 Å². The summed E-state index contributed by atoms with van der Waals surface area (Å²) in [5.41, 5.74) is -0.757. The molecule has 0 aliphatic heterocycles. The summed E-state index contributed by atoms with van der Waals surface area (Å²) in [5, 5.41) is 15.1. The van der Waals surface area contributed by atoms with Crippen LogP contribution in [0.4, 0.5) is 0 Å². The van der Waals surface area contributed by atoms with E-state index in [-0.39, 0.29) is 23.8 Å². The number of benzene rings is 2. The highest BCUT2D eigenvalue weighted by atomic mass is 16.5. The molecule has 0 bridgehead atoms. The number of hydrogen-bond acceptors (Lipinski definition) is 3. The lowest BCUT2D eigenvalue weighted by Gasteiger charge is -2.58. The Morgan fingerprint density at radius 3 is 2.57 bits per heavy atom. The topological polar surface area (TPSA) is 75.6 Å². The molecule has 0 saturated heterocycles. The number of nitrogens with one attached hydrogen (secondary N) is 1. The highest BCUT2D eigenvalue weighted by molar-refractivity contribution is 5.93. The summed E-state index contributed by atoms with van der Waals surface area (Å²) < 4.78 is 5.68. The van der Waals surface area contributed by atoms with Gasteiger partial charge in [0.15, 0.2) is 0 Å². The summed E-state index contributed by atoms with van der Waals surface area (Å²) in [5.74, 6) is -1.18. The maximum atomic E-state index is 13.0. The molecule has 2 saturated carbocycles. The van der Waals surface area contributed by atoms with E-state index in [0.29, 0.717) is 13.0 Å². The normalized spacial score (nSPS) is 30.5. The van der Waals surface area contributed by atoms with Crippen molar-refractivity contribution in [1.82, 2.24) is 5.32 Å². The second-order valence-corrected chi connectivity index (χ2v) is 8.59. The van der Waals surface area contributed by atoms with Crippen molar-refractivity contribution in [3.8, 4) is 0 Å². The number of amides is 1. The van der Waals surface area contributed by atoms with Crippen LogP contribution in [0.1, 0.15) is 45.1 Å². The van der Waals surface area contributed by atoms with E-state index in [9.17, 15) is 14.7 Å². The molecule has 2 aliphatic rings. The number of fused-ring (bicyclic) bond motifs is 1. The van der Waals surface area contributed by atoms with E-state index in [1.165, 1.54) is 10.9 Å². The zero-order valence-electron chi connectivity index (χ0n) is 16.6. The maximum absolute atomic E-state index is 13.0. The van der Waals surface area contributed by atoms with Gasteiger partial charge in [-0.1, -0.05) is 56.3 Å². The number of rotatable bonds is 6. The minimum Gasteiger partial charge on any atom is -0.479 e. The smallest absolute Gasteiger partial charge is 0.330 e. The molecule has 2 fully saturated rings. The number of aliphatic carboxylic acids is 1. The Labute approximate surface area is 165 Å². The largest absolute Gasteiger partial charge is 0.479 e. The fourth-order valence-corrected chi connectivity index (χ4v) is 4.74. The molecule has 5 heteroatoms. The number of carboxylic acid groups (broad SMARTS) is 1. The molecule has 2 aliphatic carbocycles. The van der Waals surface area contributed by atoms with Crippen molar-refractivity contribution in [3.63, 3.8) is 0 Å². The van der Waals surface area contributed by atoms with Crippen molar-refractivity contribution in [2.24, 2.45) is 11.3 Å². The molecule has 4 rings (SSSR count). The zero-order valence-corrected chi connectivity index (χ0v) is 16.6. The second kappa shape index (κ2) is 6.59. The highest BCUT2D eigenvalue weighted by Crippen LogP contribution is 2.54. The molecule has 28 heavy (non-hydrogen) atoms. The molecule has 5 nitrogen and oxygen atoms in total. The molecule has 1 amide bonds. The van der Waals surface area contributed by atoms with E-state index in [4.69, 9.17) is 4.74 Å². The van der Waals surface area contributed by atoms with Crippen LogP contribution >= 0.6 is 0 Å². The lowest BCUT2D eigenvalue weighted by molar-refractivity contribution is -0.194. The summed E-state index contributed by atoms with van der Waals surface area (Å²) in [6.45, 7) is 6.15. The number of hydrogen-bond donors (Lipinski definition) is 2. The molecule has 2 N–H and O–H groups in total. The van der Waals surface area contributed by atoms with Gasteiger partial charge in [0.05, 0.1) is 6.10 Å². The predicted octanol–water partition coefficient (Wildman–Crippen LogP) is 3.72. The van der Waals surface area contributed by atoms with Gasteiger partial charge in [-0.3, -0.25) is 4.79 Å². The third-order valence-corrected chi connectivity index (χ3v) is 6.82. The van der Waals surface area contributed by atoms with Gasteiger partial charge in [-0.15, -0.1) is 0 Å². The van der Waals surface area contributed by atoms with Crippen molar-refractivity contribution in [2.75, 3.05) is 6.61 Å². The van der Waals surface area contributed by atoms with E-state index in [0.717, 1.165) is 11.8 Å². The Kier molecular flexibility index (Phi) is 4.46. The number of ether oxygens (including phenoxy) is 1. The van der Waals surface area contributed by atoms with Crippen LogP contribution in [-0.2, 0) is 14.3 Å². The Balaban J connectivity index is 1.52. The molecule has 0 spiro atoms. The van der Waals surface area contributed by atoms with Crippen LogP contribution in [0.3, 0.4) is 0 Å². The number of carbonyl (C=O) groups excluding carboxylic acids is 1. The number of carbonyl (C=O) groups is 2. The van der Waals surface area contributed by atoms with Crippen LogP contribution in [0, 0.1) is 11.3 Å². The lowest BCUT2D eigenvalue weighted by Crippen LogP contribution is -2.76. The van der Waals surface area contributed by atoms with E-state index < -0.39 is 16.9 Å². The Bertz CT molecular complexity index is 932. The van der Waals surface area contributed by atoms with Crippen molar-refractivity contribution < 1.29 is 19.4 Å². The van der Waals surface area contributed by atoms with Crippen molar-refractivity contribution in [1.29, 1.82) is 0 Å². The van der Waals surface area contributed by atoms with Gasteiger partial charge in [-0.05, 0) is 35.6 Å². The third kappa shape index (κ3) is 2.72. The average molecular weight is 381 g/mol. The standard InChI is InChI=1S/C23H27NO4/c1-4-28-19-13-23(21(26)27,22(19,2)3)24-20(25)18-12-17(18)16-11-7-9-14-8-5-6-10-15(14)16/h5-11,17-19H,4,12-13H2,1-3H3,(H,24,25)(H,26,27). The SMILES string of the molecule is CCOC1CC(NC(=O)C2CC2c2cccc3ccccc23)(C(=O)O)C1(C)C. The first kappa shape index (κ1) is 18.9. The third-order valence-electron chi connectivity index (χ3n) is 6.82. The average Bonchev–Trinajstić information content (AvgIpc) is 3.47. The molecule has 0 heterocycles. The molecule has 4 unspecified atom stereocenters. The number of carboxylic acids is 1. The summed E-state index contributed by atoms with van der Waals surface area (Å²) in [6, 6.07) is 14.3. The van der Waals surface area contributed by atoms with E-state index in [2.05, 4.69) is 29.6 Å². The summed E-state index contributed by atoms with van der Waals surface area (Å²) in [6.07, 6.45) is 0.896. The molecule has 2 aromatic carbocycles. The first-order chi connectivity index (χ1) is 13.3. The van der Waals surface area contributed by atoms with Crippen LogP contribution in [-0.4, -0.2) is 35.2 Å². The van der Waals surface area contributed by atoms with E-state index in [1.54, 1.807) is 0 Å². The monoisotopic (exact) mass is 381 g/mol. The summed E-state index contributed by atoms with van der Waals surface area (Å²) in [7, 11) is 0. The van der Waals surface area contributed by atoms with Crippen LogP contribution in [0.2, 0.25) is 0 Å². The minimum atomic E-state index is -1.27.